The van der Waals surface area contributed by atoms with E-state index in [2.05, 4.69) is 35.9 Å². The maximum atomic E-state index is 14.5. The fourth-order valence-corrected chi connectivity index (χ4v) is 4.83. The number of pyridine rings is 2. The summed E-state index contributed by atoms with van der Waals surface area (Å²) in [5.41, 5.74) is 8.16. The van der Waals surface area contributed by atoms with Gasteiger partial charge in [-0.1, -0.05) is 12.1 Å². The summed E-state index contributed by atoms with van der Waals surface area (Å²) in [5.74, 6) is 2.15. The average Bonchev–Trinajstić information content (AvgIpc) is 3.66. The maximum Gasteiger partial charge on any atom is 0.256 e. The highest BCUT2D eigenvalue weighted by molar-refractivity contribution is 6.03. The molecule has 0 bridgehead atoms. The van der Waals surface area contributed by atoms with E-state index in [1.54, 1.807) is 36.7 Å². The Morgan fingerprint density at radius 3 is 2.90 bits per heavy atom. The van der Waals surface area contributed by atoms with Crippen molar-refractivity contribution in [3.8, 4) is 22.8 Å². The molecule has 0 saturated carbocycles. The molecule has 2 aliphatic heterocycles. The topological polar surface area (TPSA) is 149 Å². The molecule has 6 rings (SSSR count). The Morgan fingerprint density at radius 1 is 1.17 bits per heavy atom. The molecule has 5 N–H and O–H groups in total. The molecule has 1 aromatic carbocycles. The van der Waals surface area contributed by atoms with Crippen LogP contribution in [0.15, 0.2) is 61.1 Å². The van der Waals surface area contributed by atoms with Gasteiger partial charge in [-0.05, 0) is 48.9 Å². The molecule has 41 heavy (non-hydrogen) atoms. The number of carbonyl (C=O) groups excluding carboxylic acids is 1. The Bertz CT molecular complexity index is 1560. The number of nitrogens with two attached hydrogens (primary N) is 1. The van der Waals surface area contributed by atoms with Gasteiger partial charge in [0.2, 0.25) is 5.95 Å². The number of halogens is 1. The minimum absolute atomic E-state index is 0.0409. The van der Waals surface area contributed by atoms with E-state index in [0.717, 1.165) is 22.4 Å². The van der Waals surface area contributed by atoms with Gasteiger partial charge >= 0.3 is 0 Å². The van der Waals surface area contributed by atoms with Crippen LogP contribution >= 0.6 is 0 Å². The van der Waals surface area contributed by atoms with Gasteiger partial charge in [-0.3, -0.25) is 4.79 Å². The van der Waals surface area contributed by atoms with Crippen LogP contribution in [0.5, 0.6) is 11.5 Å². The Hall–Kier alpha value is -4.84. The molecular formula is C29H29FN8O3. The number of anilines is 3. The van der Waals surface area contributed by atoms with E-state index in [1.165, 1.54) is 6.20 Å². The molecule has 3 aromatic heterocycles. The molecule has 1 unspecified atom stereocenters. The Kier molecular flexibility index (Phi) is 7.30. The van der Waals surface area contributed by atoms with E-state index in [4.69, 9.17) is 15.2 Å². The van der Waals surface area contributed by atoms with Crippen molar-refractivity contribution >= 4 is 23.5 Å². The highest BCUT2D eigenvalue weighted by Crippen LogP contribution is 2.39. The van der Waals surface area contributed by atoms with Gasteiger partial charge in [-0.2, -0.15) is 0 Å². The summed E-state index contributed by atoms with van der Waals surface area (Å²) in [6.45, 7) is 1.89. The molecule has 1 fully saturated rings. The number of fused-ring (bicyclic) bond motifs is 1. The van der Waals surface area contributed by atoms with Gasteiger partial charge in [0, 0.05) is 43.0 Å². The summed E-state index contributed by atoms with van der Waals surface area (Å²) < 4.78 is 25.9. The molecule has 0 radical (unpaired) electrons. The summed E-state index contributed by atoms with van der Waals surface area (Å²) in [6.07, 6.45) is 5.92. The number of hydrogen-bond acceptors (Lipinski definition) is 10. The quantitative estimate of drug-likeness (QED) is 0.242. The van der Waals surface area contributed by atoms with Crippen LogP contribution in [0.3, 0.4) is 0 Å². The van der Waals surface area contributed by atoms with Gasteiger partial charge in [0.15, 0.2) is 5.67 Å². The lowest BCUT2D eigenvalue weighted by Gasteiger charge is -2.18. The molecule has 0 aliphatic carbocycles. The third-order valence-electron chi connectivity index (χ3n) is 6.99. The molecule has 1 atom stereocenters. The number of nitrogen functional groups attached to an aromatic ring is 1. The van der Waals surface area contributed by atoms with Gasteiger partial charge in [0.1, 0.15) is 29.7 Å². The number of nitrogens with zero attached hydrogens (tertiary/aromatic N) is 4. The lowest BCUT2D eigenvalue weighted by Crippen LogP contribution is -2.33. The van der Waals surface area contributed by atoms with E-state index in [-0.39, 0.29) is 25.0 Å². The molecule has 2 aliphatic rings. The first-order valence-corrected chi connectivity index (χ1v) is 13.3. The first-order valence-electron chi connectivity index (χ1n) is 13.3. The number of carbonyl (C=O) groups is 1. The van der Waals surface area contributed by atoms with Gasteiger partial charge in [-0.15, -0.1) is 0 Å². The van der Waals surface area contributed by atoms with E-state index in [1.807, 2.05) is 18.2 Å². The molecule has 4 aromatic rings. The largest absolute Gasteiger partial charge is 0.492 e. The van der Waals surface area contributed by atoms with Crippen LogP contribution in [0.2, 0.25) is 0 Å². The van der Waals surface area contributed by atoms with E-state index < -0.39 is 5.67 Å². The molecule has 1 saturated heterocycles. The minimum atomic E-state index is -1.37. The lowest BCUT2D eigenvalue weighted by molar-refractivity contribution is 0.102. The summed E-state index contributed by atoms with van der Waals surface area (Å²) >= 11 is 0. The van der Waals surface area contributed by atoms with Crippen molar-refractivity contribution in [1.82, 2.24) is 25.3 Å². The number of aromatic nitrogens is 4. The SMILES string of the molecule is Nc1nccc(-c2cnc(NCc3cccc(C(=O)Nc4ccc(OCC5(F)CCNC5)cn4)c3)c3c2OCC3)n1. The molecule has 12 heteroatoms. The van der Waals surface area contributed by atoms with Crippen LogP contribution in [-0.4, -0.2) is 57.8 Å². The van der Waals surface area contributed by atoms with Crippen LogP contribution in [0, 0.1) is 0 Å². The zero-order valence-corrected chi connectivity index (χ0v) is 22.2. The highest BCUT2D eigenvalue weighted by Gasteiger charge is 2.34. The lowest BCUT2D eigenvalue weighted by atomic mass is 10.1. The number of rotatable bonds is 9. The van der Waals surface area contributed by atoms with Gasteiger partial charge in [-0.25, -0.2) is 24.3 Å². The summed E-state index contributed by atoms with van der Waals surface area (Å²) in [7, 11) is 0. The van der Waals surface area contributed by atoms with E-state index in [0.29, 0.717) is 61.2 Å². The number of hydrogen-bond donors (Lipinski definition) is 4. The standard InChI is InChI=1S/C29H29FN8O3/c30-29(8-10-32-16-29)17-41-20-4-5-24(34-14-20)38-27(39)19-3-1-2-18(12-19)13-35-26-21-7-11-40-25(21)22(15-36-26)23-6-9-33-28(31)37-23/h1-6,9,12,14-15,32H,7-8,10-11,13,16-17H2,(H,35,36)(H2,31,33,37)(H,34,38,39). The predicted octanol–water partition coefficient (Wildman–Crippen LogP) is 3.40. The first-order chi connectivity index (χ1) is 20.0. The second-order valence-corrected chi connectivity index (χ2v) is 9.98. The van der Waals surface area contributed by atoms with Crippen LogP contribution in [0.4, 0.5) is 22.0 Å². The van der Waals surface area contributed by atoms with Gasteiger partial charge in [0.05, 0.1) is 24.1 Å². The van der Waals surface area contributed by atoms with Gasteiger partial charge < -0.3 is 31.2 Å². The number of benzene rings is 1. The number of ether oxygens (including phenoxy) is 2. The molecule has 210 valence electrons. The Labute approximate surface area is 235 Å². The Balaban J connectivity index is 1.08. The van der Waals surface area contributed by atoms with Crippen molar-refractivity contribution in [3.05, 3.63) is 77.7 Å². The summed E-state index contributed by atoms with van der Waals surface area (Å²) in [6, 6.07) is 12.4. The number of nitrogens with one attached hydrogen (secondary N) is 3. The molecule has 0 spiro atoms. The van der Waals surface area contributed by atoms with Crippen molar-refractivity contribution < 1.29 is 18.7 Å². The van der Waals surface area contributed by atoms with Crippen molar-refractivity contribution in [2.45, 2.75) is 25.1 Å². The van der Waals surface area contributed by atoms with Crippen LogP contribution in [0.25, 0.3) is 11.3 Å². The third-order valence-corrected chi connectivity index (χ3v) is 6.99. The normalized spacial score (nSPS) is 17.5. The van der Waals surface area contributed by atoms with Crippen LogP contribution in [-0.2, 0) is 13.0 Å². The second kappa shape index (κ2) is 11.3. The fraction of sp³-hybridized carbons (Fsp3) is 0.276. The molecule has 11 nitrogen and oxygen atoms in total. The zero-order chi connectivity index (χ0) is 28.2. The van der Waals surface area contributed by atoms with Gasteiger partial charge in [0.25, 0.3) is 5.91 Å². The predicted molar refractivity (Wildman–Crippen MR) is 152 cm³/mol. The minimum Gasteiger partial charge on any atom is -0.492 e. The smallest absolute Gasteiger partial charge is 0.256 e. The monoisotopic (exact) mass is 556 g/mol. The Morgan fingerprint density at radius 2 is 2.10 bits per heavy atom. The zero-order valence-electron chi connectivity index (χ0n) is 22.2. The van der Waals surface area contributed by atoms with Crippen molar-refractivity contribution in [2.75, 3.05) is 42.7 Å². The van der Waals surface area contributed by atoms with Crippen LogP contribution in [0.1, 0.15) is 27.9 Å². The highest BCUT2D eigenvalue weighted by atomic mass is 19.1. The molecule has 5 heterocycles. The van der Waals surface area contributed by atoms with E-state index >= 15 is 0 Å². The van der Waals surface area contributed by atoms with Crippen molar-refractivity contribution in [3.63, 3.8) is 0 Å². The van der Waals surface area contributed by atoms with Crippen molar-refractivity contribution in [2.24, 2.45) is 0 Å². The third kappa shape index (κ3) is 6.02. The second-order valence-electron chi connectivity index (χ2n) is 9.98. The first kappa shape index (κ1) is 26.4. The summed E-state index contributed by atoms with van der Waals surface area (Å²) in [4.78, 5) is 30.0. The fourth-order valence-electron chi connectivity index (χ4n) is 4.83. The number of amides is 1. The summed E-state index contributed by atoms with van der Waals surface area (Å²) in [5, 5.41) is 9.16. The number of alkyl halides is 1. The van der Waals surface area contributed by atoms with E-state index in [9.17, 15) is 9.18 Å². The van der Waals surface area contributed by atoms with Crippen LogP contribution < -0.4 is 31.2 Å². The molecule has 1 amide bonds. The average molecular weight is 557 g/mol. The maximum absolute atomic E-state index is 14.5. The molecular weight excluding hydrogens is 527 g/mol. The van der Waals surface area contributed by atoms with Crippen molar-refractivity contribution in [1.29, 1.82) is 0 Å².